The molecule has 1 N–H and O–H groups in total. The van der Waals surface area contributed by atoms with Gasteiger partial charge in [0.15, 0.2) is 0 Å². The minimum Gasteiger partial charge on any atom is -0.312 e. The molecule has 21 heavy (non-hydrogen) atoms. The van der Waals surface area contributed by atoms with E-state index in [9.17, 15) is 4.39 Å². The molecule has 1 aliphatic rings. The summed E-state index contributed by atoms with van der Waals surface area (Å²) >= 11 is 0. The third kappa shape index (κ3) is 4.25. The number of halogens is 1. The van der Waals surface area contributed by atoms with Crippen LogP contribution in [0.25, 0.3) is 0 Å². The number of nitrogens with zero attached hydrogens (tertiary/aromatic N) is 2. The Balaban J connectivity index is 1.91. The van der Waals surface area contributed by atoms with Crippen LogP contribution in [0.15, 0.2) is 24.3 Å². The molecule has 0 radical (unpaired) electrons. The first-order valence-electron chi connectivity index (χ1n) is 8.03. The summed E-state index contributed by atoms with van der Waals surface area (Å²) in [7, 11) is 1.91. The van der Waals surface area contributed by atoms with Crippen LogP contribution in [-0.4, -0.2) is 55.6 Å². The molecule has 1 saturated heterocycles. The van der Waals surface area contributed by atoms with Crippen LogP contribution in [0.5, 0.6) is 0 Å². The smallest absolute Gasteiger partial charge is 0.128 e. The maximum atomic E-state index is 13.9. The second-order valence-electron chi connectivity index (χ2n) is 5.96. The van der Waals surface area contributed by atoms with Gasteiger partial charge < -0.3 is 5.32 Å². The molecule has 0 aromatic heterocycles. The Bertz CT molecular complexity index is 430. The highest BCUT2D eigenvalue weighted by molar-refractivity contribution is 5.21. The molecule has 0 bridgehead atoms. The molecule has 1 aliphatic heterocycles. The molecule has 0 aliphatic carbocycles. The van der Waals surface area contributed by atoms with Crippen molar-refractivity contribution < 1.29 is 4.39 Å². The molecular formula is C17H28FN3. The molecule has 1 aromatic carbocycles. The Morgan fingerprint density at radius 3 is 2.43 bits per heavy atom. The van der Waals surface area contributed by atoms with Crippen molar-refractivity contribution in [2.24, 2.45) is 0 Å². The Hall–Kier alpha value is -0.970. The van der Waals surface area contributed by atoms with E-state index < -0.39 is 0 Å². The average Bonchev–Trinajstić information content (AvgIpc) is 2.53. The van der Waals surface area contributed by atoms with Gasteiger partial charge in [-0.2, -0.15) is 0 Å². The zero-order valence-electron chi connectivity index (χ0n) is 13.5. The summed E-state index contributed by atoms with van der Waals surface area (Å²) in [4.78, 5) is 4.99. The van der Waals surface area contributed by atoms with E-state index in [0.717, 1.165) is 38.3 Å². The second-order valence-corrected chi connectivity index (χ2v) is 5.96. The number of benzene rings is 1. The fraction of sp³-hybridized carbons (Fsp3) is 0.647. The Labute approximate surface area is 128 Å². The Morgan fingerprint density at radius 2 is 1.86 bits per heavy atom. The lowest BCUT2D eigenvalue weighted by Crippen LogP contribution is -2.51. The highest BCUT2D eigenvalue weighted by atomic mass is 19.1. The number of piperazine rings is 1. The van der Waals surface area contributed by atoms with Crippen molar-refractivity contribution in [3.05, 3.63) is 35.6 Å². The van der Waals surface area contributed by atoms with Crippen LogP contribution in [0.4, 0.5) is 4.39 Å². The summed E-state index contributed by atoms with van der Waals surface area (Å²) in [6, 6.07) is 7.80. The van der Waals surface area contributed by atoms with Crippen molar-refractivity contribution in [1.29, 1.82) is 0 Å². The summed E-state index contributed by atoms with van der Waals surface area (Å²) in [5.74, 6) is -0.116. The van der Waals surface area contributed by atoms with Crippen LogP contribution in [0, 0.1) is 5.82 Å². The van der Waals surface area contributed by atoms with Gasteiger partial charge >= 0.3 is 0 Å². The van der Waals surface area contributed by atoms with E-state index in [1.165, 1.54) is 6.42 Å². The van der Waals surface area contributed by atoms with Crippen molar-refractivity contribution in [1.82, 2.24) is 15.1 Å². The topological polar surface area (TPSA) is 18.5 Å². The van der Waals surface area contributed by atoms with Crippen molar-refractivity contribution in [2.45, 2.75) is 32.4 Å². The molecule has 118 valence electrons. The van der Waals surface area contributed by atoms with E-state index in [1.807, 2.05) is 19.2 Å². The summed E-state index contributed by atoms with van der Waals surface area (Å²) in [5.41, 5.74) is 0.768. The van der Waals surface area contributed by atoms with Gasteiger partial charge in [-0.25, -0.2) is 4.39 Å². The quantitative estimate of drug-likeness (QED) is 0.869. The van der Waals surface area contributed by atoms with E-state index >= 15 is 0 Å². The Morgan fingerprint density at radius 1 is 1.19 bits per heavy atom. The molecule has 0 spiro atoms. The minimum atomic E-state index is -0.116. The van der Waals surface area contributed by atoms with Crippen molar-refractivity contribution >= 4 is 0 Å². The van der Waals surface area contributed by atoms with E-state index in [1.54, 1.807) is 12.1 Å². The van der Waals surface area contributed by atoms with Crippen molar-refractivity contribution in [2.75, 3.05) is 39.8 Å². The molecule has 1 aromatic rings. The van der Waals surface area contributed by atoms with Gasteiger partial charge in [-0.3, -0.25) is 9.80 Å². The fourth-order valence-corrected chi connectivity index (χ4v) is 3.01. The summed E-state index contributed by atoms with van der Waals surface area (Å²) in [6.07, 6.45) is 1.20. The number of hydrogen-bond acceptors (Lipinski definition) is 3. The number of rotatable bonds is 6. The summed E-state index contributed by atoms with van der Waals surface area (Å²) < 4.78 is 13.9. The molecule has 1 fully saturated rings. The first-order valence-corrected chi connectivity index (χ1v) is 8.03. The third-order valence-corrected chi connectivity index (χ3v) is 4.69. The van der Waals surface area contributed by atoms with Crippen molar-refractivity contribution in [3.63, 3.8) is 0 Å². The van der Waals surface area contributed by atoms with Gasteiger partial charge in [-0.15, -0.1) is 0 Å². The van der Waals surface area contributed by atoms with Crippen LogP contribution in [0.1, 0.15) is 31.9 Å². The van der Waals surface area contributed by atoms with Gasteiger partial charge in [0.25, 0.3) is 0 Å². The van der Waals surface area contributed by atoms with Crippen LogP contribution in [0.3, 0.4) is 0 Å². The van der Waals surface area contributed by atoms with Crippen molar-refractivity contribution in [3.8, 4) is 0 Å². The number of likely N-dealkylation sites (N-methyl/N-ethyl adjacent to an activating group) is 1. The average molecular weight is 293 g/mol. The van der Waals surface area contributed by atoms with Crippen LogP contribution < -0.4 is 5.32 Å². The lowest BCUT2D eigenvalue weighted by molar-refractivity contribution is 0.0942. The lowest BCUT2D eigenvalue weighted by Gasteiger charge is -2.39. The van der Waals surface area contributed by atoms with Crippen LogP contribution >= 0.6 is 0 Å². The van der Waals surface area contributed by atoms with E-state index in [-0.39, 0.29) is 11.9 Å². The molecule has 2 atom stereocenters. The standard InChI is InChI=1S/C17H28FN3/c1-4-14(2)21-11-9-20(10-12-21)13-17(19-3)15-7-5-6-8-16(15)18/h5-8,14,17,19H,4,9-13H2,1-3H3. The summed E-state index contributed by atoms with van der Waals surface area (Å²) in [5, 5.41) is 3.26. The first-order chi connectivity index (χ1) is 10.2. The van der Waals surface area contributed by atoms with Crippen LogP contribution in [0.2, 0.25) is 0 Å². The molecule has 2 rings (SSSR count). The molecular weight excluding hydrogens is 265 g/mol. The first kappa shape index (κ1) is 16.4. The van der Waals surface area contributed by atoms with Gasteiger partial charge in [0.1, 0.15) is 5.82 Å². The molecule has 3 nitrogen and oxygen atoms in total. The zero-order valence-corrected chi connectivity index (χ0v) is 13.5. The number of nitrogens with one attached hydrogen (secondary N) is 1. The maximum absolute atomic E-state index is 13.9. The maximum Gasteiger partial charge on any atom is 0.128 e. The Kier molecular flexibility index (Phi) is 6.15. The lowest BCUT2D eigenvalue weighted by atomic mass is 10.1. The van der Waals surface area contributed by atoms with Gasteiger partial charge in [-0.1, -0.05) is 25.1 Å². The second kappa shape index (κ2) is 7.87. The predicted molar refractivity (Wildman–Crippen MR) is 86.0 cm³/mol. The fourth-order valence-electron chi connectivity index (χ4n) is 3.01. The molecule has 4 heteroatoms. The predicted octanol–water partition coefficient (Wildman–Crippen LogP) is 2.50. The monoisotopic (exact) mass is 293 g/mol. The highest BCUT2D eigenvalue weighted by Crippen LogP contribution is 2.19. The normalized spacial score (nSPS) is 20.4. The van der Waals surface area contributed by atoms with Gasteiger partial charge in [0, 0.05) is 50.4 Å². The molecule has 0 saturated carbocycles. The van der Waals surface area contributed by atoms with Gasteiger partial charge in [-0.05, 0) is 26.5 Å². The molecule has 1 heterocycles. The van der Waals surface area contributed by atoms with E-state index in [2.05, 4.69) is 29.0 Å². The van der Waals surface area contributed by atoms with Gasteiger partial charge in [0.2, 0.25) is 0 Å². The SMILES string of the molecule is CCC(C)N1CCN(CC(NC)c2ccccc2F)CC1. The summed E-state index contributed by atoms with van der Waals surface area (Å²) in [6.45, 7) is 9.77. The van der Waals surface area contributed by atoms with Crippen LogP contribution in [-0.2, 0) is 0 Å². The molecule has 0 amide bonds. The zero-order chi connectivity index (χ0) is 15.2. The van der Waals surface area contributed by atoms with E-state index in [0.29, 0.717) is 6.04 Å². The van der Waals surface area contributed by atoms with E-state index in [4.69, 9.17) is 0 Å². The minimum absolute atomic E-state index is 0.0568. The third-order valence-electron chi connectivity index (χ3n) is 4.69. The van der Waals surface area contributed by atoms with Gasteiger partial charge in [0.05, 0.1) is 0 Å². The largest absolute Gasteiger partial charge is 0.312 e. The number of hydrogen-bond donors (Lipinski definition) is 1. The highest BCUT2D eigenvalue weighted by Gasteiger charge is 2.23. The molecule has 2 unspecified atom stereocenters.